The van der Waals surface area contributed by atoms with E-state index in [0.717, 1.165) is 5.56 Å². The number of carbonyl (C=O) groups is 1. The number of anilines is 1. The lowest BCUT2D eigenvalue weighted by atomic mass is 10.2. The molecule has 1 amide bonds. The topological polar surface area (TPSA) is 88.6 Å². The molecular formula is C20H18FN3O4S2. The number of thiazole rings is 1. The number of nitrogens with zero attached hydrogens (tertiary/aromatic N) is 2. The summed E-state index contributed by atoms with van der Waals surface area (Å²) in [5.41, 5.74) is 1.55. The number of hydrogen-bond acceptors (Lipinski definition) is 6. The minimum absolute atomic E-state index is 0.0585. The van der Waals surface area contributed by atoms with Crippen molar-refractivity contribution in [1.82, 2.24) is 9.29 Å². The molecule has 10 heteroatoms. The number of hydrogen-bond donors (Lipinski definition) is 1. The molecule has 0 atom stereocenters. The van der Waals surface area contributed by atoms with E-state index in [1.165, 1.54) is 46.0 Å². The molecule has 1 aromatic heterocycles. The van der Waals surface area contributed by atoms with Gasteiger partial charge >= 0.3 is 0 Å². The van der Waals surface area contributed by atoms with E-state index in [-0.39, 0.29) is 29.4 Å². The van der Waals surface area contributed by atoms with Crippen molar-refractivity contribution in [3.8, 4) is 11.3 Å². The van der Waals surface area contributed by atoms with Crippen LogP contribution in [0.2, 0.25) is 0 Å². The normalized spacial score (nSPS) is 15.1. The van der Waals surface area contributed by atoms with Gasteiger partial charge in [-0.3, -0.25) is 10.1 Å². The van der Waals surface area contributed by atoms with Gasteiger partial charge in [-0.1, -0.05) is 6.07 Å². The lowest BCUT2D eigenvalue weighted by Crippen LogP contribution is -2.40. The van der Waals surface area contributed by atoms with E-state index in [4.69, 9.17) is 4.74 Å². The molecule has 4 rings (SSSR count). The zero-order valence-electron chi connectivity index (χ0n) is 15.7. The van der Waals surface area contributed by atoms with E-state index in [0.29, 0.717) is 24.0 Å². The summed E-state index contributed by atoms with van der Waals surface area (Å²) in [7, 11) is -3.70. The molecule has 0 spiro atoms. The Morgan fingerprint density at radius 1 is 1.13 bits per heavy atom. The first kappa shape index (κ1) is 20.6. The third-order valence-electron chi connectivity index (χ3n) is 4.57. The fraction of sp³-hybridized carbons (Fsp3) is 0.200. The second-order valence-electron chi connectivity index (χ2n) is 6.54. The summed E-state index contributed by atoms with van der Waals surface area (Å²) in [6.07, 6.45) is 0. The van der Waals surface area contributed by atoms with Crippen LogP contribution >= 0.6 is 11.3 Å². The minimum atomic E-state index is -3.70. The van der Waals surface area contributed by atoms with Crippen LogP contribution in [0.15, 0.2) is 58.8 Å². The summed E-state index contributed by atoms with van der Waals surface area (Å²) in [5, 5.41) is 4.80. The van der Waals surface area contributed by atoms with Crippen molar-refractivity contribution in [3.05, 3.63) is 65.3 Å². The molecule has 156 valence electrons. The van der Waals surface area contributed by atoms with Crippen LogP contribution in [0.3, 0.4) is 0 Å². The molecule has 0 saturated carbocycles. The van der Waals surface area contributed by atoms with Crippen molar-refractivity contribution in [2.24, 2.45) is 0 Å². The number of morpholine rings is 1. The standard InChI is InChI=1S/C20H18FN3O4S2/c21-16-6-4-14(5-7-16)18-13-29-20(22-18)23-19(25)15-2-1-3-17(12-15)30(26,27)24-8-10-28-11-9-24/h1-7,12-13H,8-11H2,(H,22,23,25). The molecule has 0 bridgehead atoms. The quantitative estimate of drug-likeness (QED) is 0.649. The summed E-state index contributed by atoms with van der Waals surface area (Å²) in [6.45, 7) is 1.26. The number of sulfonamides is 1. The van der Waals surface area contributed by atoms with Gasteiger partial charge in [0, 0.05) is 29.6 Å². The van der Waals surface area contributed by atoms with Crippen LogP contribution in [0.1, 0.15) is 10.4 Å². The summed E-state index contributed by atoms with van der Waals surface area (Å²) >= 11 is 1.23. The highest BCUT2D eigenvalue weighted by atomic mass is 32.2. The predicted octanol–water partition coefficient (Wildman–Crippen LogP) is 3.22. The van der Waals surface area contributed by atoms with Gasteiger partial charge in [-0.25, -0.2) is 17.8 Å². The molecule has 2 aromatic carbocycles. The Kier molecular flexibility index (Phi) is 5.91. The Balaban J connectivity index is 1.50. The van der Waals surface area contributed by atoms with Gasteiger partial charge in [-0.15, -0.1) is 11.3 Å². The van der Waals surface area contributed by atoms with E-state index < -0.39 is 15.9 Å². The predicted molar refractivity (Wildman–Crippen MR) is 111 cm³/mol. The van der Waals surface area contributed by atoms with Crippen LogP contribution in [0.25, 0.3) is 11.3 Å². The number of aromatic nitrogens is 1. The molecule has 0 radical (unpaired) electrons. The van der Waals surface area contributed by atoms with Crippen LogP contribution in [0.4, 0.5) is 9.52 Å². The van der Waals surface area contributed by atoms with Crippen molar-refractivity contribution in [1.29, 1.82) is 0 Å². The van der Waals surface area contributed by atoms with Gasteiger partial charge in [0.15, 0.2) is 5.13 Å². The van der Waals surface area contributed by atoms with Crippen molar-refractivity contribution < 1.29 is 22.3 Å². The molecule has 2 heterocycles. The van der Waals surface area contributed by atoms with Crippen LogP contribution in [0.5, 0.6) is 0 Å². The number of carbonyl (C=O) groups excluding carboxylic acids is 1. The molecule has 7 nitrogen and oxygen atoms in total. The maximum absolute atomic E-state index is 13.1. The van der Waals surface area contributed by atoms with Gasteiger partial charge in [0.25, 0.3) is 5.91 Å². The van der Waals surface area contributed by atoms with E-state index in [2.05, 4.69) is 10.3 Å². The number of ether oxygens (including phenoxy) is 1. The molecule has 1 saturated heterocycles. The summed E-state index contributed by atoms with van der Waals surface area (Å²) < 4.78 is 45.2. The third kappa shape index (κ3) is 4.41. The highest BCUT2D eigenvalue weighted by Gasteiger charge is 2.27. The number of benzene rings is 2. The third-order valence-corrected chi connectivity index (χ3v) is 7.22. The highest BCUT2D eigenvalue weighted by Crippen LogP contribution is 2.26. The number of halogens is 1. The van der Waals surface area contributed by atoms with Crippen molar-refractivity contribution in [3.63, 3.8) is 0 Å². The van der Waals surface area contributed by atoms with Crippen molar-refractivity contribution >= 4 is 32.4 Å². The molecule has 3 aromatic rings. The molecule has 1 fully saturated rings. The molecule has 0 aliphatic carbocycles. The maximum atomic E-state index is 13.1. The van der Waals surface area contributed by atoms with Gasteiger partial charge in [0.05, 0.1) is 23.8 Å². The van der Waals surface area contributed by atoms with Crippen molar-refractivity contribution in [2.75, 3.05) is 31.6 Å². The fourth-order valence-corrected chi connectivity index (χ4v) is 5.16. The Hall–Kier alpha value is -2.66. The Morgan fingerprint density at radius 2 is 1.87 bits per heavy atom. The molecular weight excluding hydrogens is 429 g/mol. The van der Waals surface area contributed by atoms with Gasteiger partial charge in [0.2, 0.25) is 10.0 Å². The smallest absolute Gasteiger partial charge is 0.257 e. The Morgan fingerprint density at radius 3 is 2.60 bits per heavy atom. The highest BCUT2D eigenvalue weighted by molar-refractivity contribution is 7.89. The number of amides is 1. The molecule has 1 aliphatic rings. The molecule has 1 aliphatic heterocycles. The monoisotopic (exact) mass is 447 g/mol. The first-order chi connectivity index (χ1) is 14.4. The average Bonchev–Trinajstić information content (AvgIpc) is 3.23. The van der Waals surface area contributed by atoms with Crippen LogP contribution in [0, 0.1) is 5.82 Å². The lowest BCUT2D eigenvalue weighted by molar-refractivity contribution is 0.0730. The van der Waals surface area contributed by atoms with Crippen LogP contribution < -0.4 is 5.32 Å². The van der Waals surface area contributed by atoms with E-state index in [9.17, 15) is 17.6 Å². The van der Waals surface area contributed by atoms with Gasteiger partial charge in [0.1, 0.15) is 5.82 Å². The van der Waals surface area contributed by atoms with Crippen LogP contribution in [-0.2, 0) is 14.8 Å². The van der Waals surface area contributed by atoms with E-state index in [1.807, 2.05) is 0 Å². The molecule has 30 heavy (non-hydrogen) atoms. The first-order valence-corrected chi connectivity index (χ1v) is 11.5. The number of rotatable bonds is 5. The zero-order valence-corrected chi connectivity index (χ0v) is 17.4. The minimum Gasteiger partial charge on any atom is -0.379 e. The summed E-state index contributed by atoms with van der Waals surface area (Å²) in [6, 6.07) is 11.8. The van der Waals surface area contributed by atoms with E-state index in [1.54, 1.807) is 23.6 Å². The lowest BCUT2D eigenvalue weighted by Gasteiger charge is -2.26. The first-order valence-electron chi connectivity index (χ1n) is 9.14. The second-order valence-corrected chi connectivity index (χ2v) is 9.34. The zero-order chi connectivity index (χ0) is 21.1. The fourth-order valence-electron chi connectivity index (χ4n) is 2.99. The Bertz CT molecular complexity index is 1160. The molecule has 1 N–H and O–H groups in total. The average molecular weight is 448 g/mol. The van der Waals surface area contributed by atoms with Crippen molar-refractivity contribution in [2.45, 2.75) is 4.90 Å². The SMILES string of the molecule is O=C(Nc1nc(-c2ccc(F)cc2)cs1)c1cccc(S(=O)(=O)N2CCOCC2)c1. The summed E-state index contributed by atoms with van der Waals surface area (Å²) in [5.74, 6) is -0.802. The van der Waals surface area contributed by atoms with Gasteiger partial charge in [-0.2, -0.15) is 4.31 Å². The maximum Gasteiger partial charge on any atom is 0.257 e. The second kappa shape index (κ2) is 8.60. The van der Waals surface area contributed by atoms with Crippen LogP contribution in [-0.4, -0.2) is 49.9 Å². The number of nitrogens with one attached hydrogen (secondary N) is 1. The van der Waals surface area contributed by atoms with Gasteiger partial charge in [-0.05, 0) is 42.5 Å². The van der Waals surface area contributed by atoms with E-state index >= 15 is 0 Å². The molecule has 0 unspecified atom stereocenters. The summed E-state index contributed by atoms with van der Waals surface area (Å²) in [4.78, 5) is 17.0. The Labute approximate surface area is 177 Å². The van der Waals surface area contributed by atoms with Gasteiger partial charge < -0.3 is 4.74 Å². The largest absolute Gasteiger partial charge is 0.379 e.